The van der Waals surface area contributed by atoms with Crippen molar-refractivity contribution in [3.63, 3.8) is 0 Å². The van der Waals surface area contributed by atoms with E-state index in [1.807, 2.05) is 6.92 Å². The quantitative estimate of drug-likeness (QED) is 0.0429. The molecule has 28 heteroatoms. The Balaban J connectivity index is 0.910. The molecule has 0 aromatic carbocycles. The fraction of sp³-hybridized carbons (Fsp3) is 0.951. The van der Waals surface area contributed by atoms with Gasteiger partial charge in [0.25, 0.3) is 0 Å². The molecule has 9 fully saturated rings. The zero-order chi connectivity index (χ0) is 65.2. The van der Waals surface area contributed by atoms with Crippen LogP contribution in [0.1, 0.15) is 113 Å². The van der Waals surface area contributed by atoms with Crippen molar-refractivity contribution in [3.8, 4) is 0 Å². The first kappa shape index (κ1) is 70.0. The van der Waals surface area contributed by atoms with Gasteiger partial charge in [-0.25, -0.2) is 4.79 Å². The number of hydrogen-bond acceptors (Lipinski definition) is 28. The number of rotatable bonds is 15. The molecular formula is C61H100O28. The summed E-state index contributed by atoms with van der Waals surface area (Å²) in [6, 6.07) is 0. The lowest BCUT2D eigenvalue weighted by Gasteiger charge is -2.72. The molecule has 16 N–H and O–H groups in total. The molecule has 5 saturated heterocycles. The maximum atomic E-state index is 13.2. The summed E-state index contributed by atoms with van der Waals surface area (Å²) in [5.41, 5.74) is -1.66. The van der Waals surface area contributed by atoms with Gasteiger partial charge in [0, 0.05) is 10.8 Å². The normalized spacial score (nSPS) is 55.0. The van der Waals surface area contributed by atoms with Crippen LogP contribution in [0.25, 0.3) is 0 Å². The first-order valence-electron chi connectivity index (χ1n) is 31.7. The van der Waals surface area contributed by atoms with Crippen molar-refractivity contribution in [2.75, 3.05) is 33.5 Å². The third-order valence-electron chi connectivity index (χ3n) is 23.9. The van der Waals surface area contributed by atoms with Gasteiger partial charge in [0.1, 0.15) is 110 Å². The molecule has 10 aliphatic rings. The highest BCUT2D eigenvalue weighted by Gasteiger charge is 2.71. The first-order valence-corrected chi connectivity index (χ1v) is 31.7. The van der Waals surface area contributed by atoms with Crippen molar-refractivity contribution in [3.05, 3.63) is 11.6 Å². The van der Waals surface area contributed by atoms with E-state index in [0.29, 0.717) is 38.5 Å². The number of hydrogen-bond donors (Lipinski definition) is 16. The summed E-state index contributed by atoms with van der Waals surface area (Å²) in [6.07, 6.45) is -35.7. The second-order valence-corrected chi connectivity index (χ2v) is 29.4. The lowest BCUT2D eigenvalue weighted by Crippen LogP contribution is -2.68. The second-order valence-electron chi connectivity index (χ2n) is 29.4. The maximum absolute atomic E-state index is 13.2. The average molecular weight is 1280 g/mol. The van der Waals surface area contributed by atoms with Crippen molar-refractivity contribution in [1.82, 2.24) is 0 Å². The van der Waals surface area contributed by atoms with Crippen LogP contribution in [0.4, 0.5) is 0 Å². The molecule has 0 radical (unpaired) electrons. The molecule has 5 aliphatic heterocycles. The molecule has 10 rings (SSSR count). The number of allylic oxidation sites excluding steroid dienone is 2. The summed E-state index contributed by atoms with van der Waals surface area (Å²) in [7, 11) is 1.06. The van der Waals surface area contributed by atoms with E-state index in [2.05, 4.69) is 47.6 Å². The van der Waals surface area contributed by atoms with Gasteiger partial charge in [0.05, 0.1) is 51.8 Å². The van der Waals surface area contributed by atoms with Crippen molar-refractivity contribution in [2.24, 2.45) is 50.2 Å². The Morgan fingerprint density at radius 2 is 0.978 bits per heavy atom. The highest BCUT2D eigenvalue weighted by Crippen LogP contribution is 2.76. The Morgan fingerprint density at radius 3 is 1.53 bits per heavy atom. The van der Waals surface area contributed by atoms with Gasteiger partial charge < -0.3 is 134 Å². The van der Waals surface area contributed by atoms with Crippen LogP contribution in [0.15, 0.2) is 11.6 Å². The molecule has 28 nitrogen and oxygen atoms in total. The van der Waals surface area contributed by atoms with Gasteiger partial charge in [-0.2, -0.15) is 0 Å². The largest absolute Gasteiger partial charge is 0.467 e. The molecule has 0 spiro atoms. The van der Waals surface area contributed by atoms with Gasteiger partial charge in [0.15, 0.2) is 37.6 Å². The predicted molar refractivity (Wildman–Crippen MR) is 300 cm³/mol. The number of aliphatic hydroxyl groups excluding tert-OH is 16. The fourth-order valence-electron chi connectivity index (χ4n) is 18.2. The van der Waals surface area contributed by atoms with Crippen LogP contribution in [0.5, 0.6) is 0 Å². The van der Waals surface area contributed by atoms with Gasteiger partial charge in [0.2, 0.25) is 0 Å². The first-order chi connectivity index (χ1) is 41.7. The van der Waals surface area contributed by atoms with Gasteiger partial charge in [-0.05, 0) is 104 Å². The summed E-state index contributed by atoms with van der Waals surface area (Å²) in [5, 5.41) is 175. The fourth-order valence-corrected chi connectivity index (χ4v) is 18.2. The smallest absolute Gasteiger partial charge is 0.337 e. The van der Waals surface area contributed by atoms with Crippen LogP contribution < -0.4 is 0 Å². The van der Waals surface area contributed by atoms with E-state index in [4.69, 9.17) is 52.1 Å². The van der Waals surface area contributed by atoms with Crippen molar-refractivity contribution < 1.29 is 139 Å². The summed E-state index contributed by atoms with van der Waals surface area (Å²) in [4.78, 5) is 13.2. The second kappa shape index (κ2) is 26.0. The highest BCUT2D eigenvalue weighted by molar-refractivity contribution is 5.75. The van der Waals surface area contributed by atoms with Crippen LogP contribution in [-0.2, 0) is 56.9 Å². The third-order valence-corrected chi connectivity index (χ3v) is 23.9. The van der Waals surface area contributed by atoms with E-state index in [1.165, 1.54) is 12.5 Å². The van der Waals surface area contributed by atoms with Crippen molar-refractivity contribution in [1.29, 1.82) is 0 Å². The molecule has 35 unspecified atom stereocenters. The number of aliphatic hydroxyl groups is 16. The van der Waals surface area contributed by atoms with Crippen LogP contribution in [0.3, 0.4) is 0 Å². The highest BCUT2D eigenvalue weighted by atomic mass is 16.8. The summed E-state index contributed by atoms with van der Waals surface area (Å²) in [5.74, 6) is -1.22. The summed E-state index contributed by atoms with van der Waals surface area (Å²) >= 11 is 0. The van der Waals surface area contributed by atoms with Gasteiger partial charge in [-0.1, -0.05) is 60.1 Å². The minimum absolute atomic E-state index is 0.0300. The van der Waals surface area contributed by atoms with Crippen LogP contribution in [0.2, 0.25) is 0 Å². The minimum Gasteiger partial charge on any atom is -0.467 e. The van der Waals surface area contributed by atoms with Gasteiger partial charge in [-0.3, -0.25) is 0 Å². The monoisotopic (exact) mass is 1280 g/mol. The maximum Gasteiger partial charge on any atom is 0.337 e. The van der Waals surface area contributed by atoms with Crippen molar-refractivity contribution in [2.45, 2.75) is 279 Å². The number of carbonyl (C=O) groups is 1. The third kappa shape index (κ3) is 11.7. The molecule has 512 valence electrons. The number of fused-ring (bicyclic) bond motifs is 7. The Labute approximate surface area is 517 Å². The standard InChI is InChI=1S/C61H100O28/c1-24-34(66)38(70)44(76)51(80-24)87-48-41(73)37(69)29(22-64)83-54(48)89-49-43(75)42(74)46(50(78)79-9)86-55(49)84-32-13-14-58(5)30(59(32,6)23-65)12-15-61(8)31(58)11-10-25-26-18-56(2,3)19-33(57(26,4)16-17-60(25,61)7)85-53-47(40(72)36(68)28(21-63)82-53)88-52-45(77)39(71)35(67)27(20-62)81-52/h10,24,26-49,51-55,62-77H,11-23H2,1-9H3. The topological polar surface area (TPSA) is 442 Å². The Kier molecular flexibility index (Phi) is 20.4. The van der Waals surface area contributed by atoms with E-state index in [-0.39, 0.29) is 40.6 Å². The van der Waals surface area contributed by atoms with Crippen LogP contribution in [-0.4, -0.2) is 287 Å². The summed E-state index contributed by atoms with van der Waals surface area (Å²) < 4.78 is 66.9. The lowest BCUT2D eigenvalue weighted by molar-refractivity contribution is -0.396. The SMILES string of the molecule is COC(=O)C1OC(OC2CCC3(C)C(CCC4(C)C3CC=C3C5CC(C)(C)CC(OC6OC(CO)C(O)C(O)C6OC6OC(CO)C(O)C(O)C6O)C5(C)CCC34C)C2(C)CO)C(OC2OC(CO)C(O)C(O)C2OC2OC(C)C(O)C(O)C2O)C(O)C1O. The van der Waals surface area contributed by atoms with Gasteiger partial charge in [-0.15, -0.1) is 0 Å². The zero-order valence-electron chi connectivity index (χ0n) is 52.1. The van der Waals surface area contributed by atoms with E-state index in [9.17, 15) is 86.5 Å². The average Bonchev–Trinajstić information content (AvgIpc) is 2.95. The number of esters is 1. The number of carbonyl (C=O) groups excluding carboxylic acids is 1. The molecule has 4 saturated carbocycles. The minimum atomic E-state index is -2.02. The number of methoxy groups -OCH3 is 1. The predicted octanol–water partition coefficient (Wildman–Crippen LogP) is -3.56. The van der Waals surface area contributed by atoms with Crippen LogP contribution >= 0.6 is 0 Å². The Bertz CT molecular complexity index is 2480. The van der Waals surface area contributed by atoms with Gasteiger partial charge >= 0.3 is 5.97 Å². The van der Waals surface area contributed by atoms with E-state index in [0.717, 1.165) is 26.4 Å². The molecule has 0 aromatic heterocycles. The van der Waals surface area contributed by atoms with Crippen LogP contribution in [0, 0.1) is 50.2 Å². The molecule has 0 bridgehead atoms. The van der Waals surface area contributed by atoms with Crippen molar-refractivity contribution >= 4 is 5.97 Å². The molecule has 35 atom stereocenters. The molecule has 0 amide bonds. The zero-order valence-corrected chi connectivity index (χ0v) is 52.1. The Hall–Kier alpha value is -1.83. The molecule has 5 heterocycles. The van der Waals surface area contributed by atoms with E-state index < -0.39 is 208 Å². The Morgan fingerprint density at radius 1 is 0.494 bits per heavy atom. The summed E-state index contributed by atoms with van der Waals surface area (Å²) in [6.45, 7) is 14.3. The molecule has 0 aromatic rings. The van der Waals surface area contributed by atoms with E-state index in [1.54, 1.807) is 0 Å². The lowest BCUT2D eigenvalue weighted by atomic mass is 9.33. The van der Waals surface area contributed by atoms with E-state index >= 15 is 0 Å². The molecular weight excluding hydrogens is 1180 g/mol. The molecule has 89 heavy (non-hydrogen) atoms. The molecule has 5 aliphatic carbocycles. The number of ether oxygens (including phenoxy) is 11.